The van der Waals surface area contributed by atoms with Crippen molar-refractivity contribution in [3.8, 4) is 0 Å². The highest BCUT2D eigenvalue weighted by Crippen LogP contribution is 2.39. The summed E-state index contributed by atoms with van der Waals surface area (Å²) in [5.41, 5.74) is 7.34. The molecule has 1 aromatic rings. The number of carbonyl (C=O) groups excluding carboxylic acids is 1. The van der Waals surface area contributed by atoms with Crippen LogP contribution in [0.1, 0.15) is 56.9 Å². The van der Waals surface area contributed by atoms with Crippen LogP contribution in [-0.2, 0) is 5.41 Å². The lowest BCUT2D eigenvalue weighted by atomic mass is 9.69. The third-order valence-electron chi connectivity index (χ3n) is 5.93. The van der Waals surface area contributed by atoms with E-state index in [0.29, 0.717) is 6.54 Å². The van der Waals surface area contributed by atoms with Crippen LogP contribution >= 0.6 is 0 Å². The van der Waals surface area contributed by atoms with Crippen molar-refractivity contribution in [1.29, 1.82) is 0 Å². The van der Waals surface area contributed by atoms with E-state index in [2.05, 4.69) is 35.6 Å². The molecule has 1 heterocycles. The lowest BCUT2D eigenvalue weighted by molar-refractivity contribution is 0.149. The van der Waals surface area contributed by atoms with Gasteiger partial charge in [-0.25, -0.2) is 4.79 Å². The molecule has 1 saturated carbocycles. The minimum Gasteiger partial charge on any atom is -0.337 e. The Balaban J connectivity index is 1.68. The summed E-state index contributed by atoms with van der Waals surface area (Å²) < 4.78 is 0. The second-order valence-corrected chi connectivity index (χ2v) is 7.44. The molecule has 2 fully saturated rings. The summed E-state index contributed by atoms with van der Waals surface area (Å²) in [5.74, 6) is 0. The fourth-order valence-electron chi connectivity index (χ4n) is 4.45. The van der Waals surface area contributed by atoms with Crippen molar-refractivity contribution < 1.29 is 4.79 Å². The molecule has 0 unspecified atom stereocenters. The minimum absolute atomic E-state index is 0.0750. The summed E-state index contributed by atoms with van der Waals surface area (Å²) in [6, 6.07) is 11.0. The Morgan fingerprint density at radius 2 is 1.88 bits per heavy atom. The Hall–Kier alpha value is -1.55. The first kappa shape index (κ1) is 17.3. The number of nitrogens with zero attached hydrogens (tertiary/aromatic N) is 1. The predicted molar refractivity (Wildman–Crippen MR) is 98.0 cm³/mol. The highest BCUT2D eigenvalue weighted by molar-refractivity contribution is 5.74. The molecule has 1 saturated heterocycles. The Kier molecular flexibility index (Phi) is 5.77. The molecule has 2 amide bonds. The number of nitrogens with two attached hydrogens (primary N) is 1. The van der Waals surface area contributed by atoms with Crippen molar-refractivity contribution in [1.82, 2.24) is 10.2 Å². The van der Waals surface area contributed by atoms with Gasteiger partial charge in [0.25, 0.3) is 0 Å². The molecule has 0 spiro atoms. The smallest absolute Gasteiger partial charge is 0.317 e. The van der Waals surface area contributed by atoms with Gasteiger partial charge in [0, 0.05) is 31.1 Å². The first-order valence-corrected chi connectivity index (χ1v) is 9.55. The highest BCUT2D eigenvalue weighted by atomic mass is 16.2. The Labute approximate surface area is 145 Å². The van der Waals surface area contributed by atoms with Gasteiger partial charge in [-0.15, -0.1) is 0 Å². The highest BCUT2D eigenvalue weighted by Gasteiger charge is 2.35. The van der Waals surface area contributed by atoms with Crippen molar-refractivity contribution in [3.05, 3.63) is 35.9 Å². The van der Waals surface area contributed by atoms with Crippen LogP contribution in [0.15, 0.2) is 30.3 Å². The van der Waals surface area contributed by atoms with Gasteiger partial charge in [-0.05, 0) is 37.7 Å². The van der Waals surface area contributed by atoms with Crippen LogP contribution in [-0.4, -0.2) is 36.6 Å². The number of hydrogen-bond donors (Lipinski definition) is 2. The number of hydrogen-bond acceptors (Lipinski definition) is 2. The molecule has 2 aliphatic rings. The monoisotopic (exact) mass is 329 g/mol. The molecule has 4 heteroatoms. The molecule has 1 atom stereocenters. The van der Waals surface area contributed by atoms with Gasteiger partial charge >= 0.3 is 6.03 Å². The van der Waals surface area contributed by atoms with E-state index >= 15 is 0 Å². The fourth-order valence-corrected chi connectivity index (χ4v) is 4.45. The van der Waals surface area contributed by atoms with Crippen LogP contribution in [0.4, 0.5) is 4.79 Å². The van der Waals surface area contributed by atoms with Crippen molar-refractivity contribution in [2.75, 3.05) is 19.6 Å². The zero-order valence-corrected chi connectivity index (χ0v) is 14.7. The SMILES string of the molecule is NC[C@@H]1CCCCN1C(=O)NCC1(c2ccccc2)CCCCC1. The van der Waals surface area contributed by atoms with Gasteiger partial charge in [0.15, 0.2) is 0 Å². The fraction of sp³-hybridized carbons (Fsp3) is 0.650. The maximum atomic E-state index is 12.7. The molecule has 3 N–H and O–H groups in total. The van der Waals surface area contributed by atoms with Gasteiger partial charge in [0.05, 0.1) is 0 Å². The molecule has 3 rings (SSSR count). The largest absolute Gasteiger partial charge is 0.337 e. The Morgan fingerprint density at radius 1 is 1.12 bits per heavy atom. The van der Waals surface area contributed by atoms with Gasteiger partial charge in [-0.1, -0.05) is 49.6 Å². The Morgan fingerprint density at radius 3 is 2.58 bits per heavy atom. The van der Waals surface area contributed by atoms with Gasteiger partial charge in [0.1, 0.15) is 0 Å². The van der Waals surface area contributed by atoms with E-state index in [4.69, 9.17) is 5.73 Å². The second-order valence-electron chi connectivity index (χ2n) is 7.44. The van der Waals surface area contributed by atoms with E-state index in [-0.39, 0.29) is 17.5 Å². The number of rotatable bonds is 4. The lowest BCUT2D eigenvalue weighted by Crippen LogP contribution is -2.53. The Bertz CT molecular complexity index is 525. The van der Waals surface area contributed by atoms with E-state index in [1.807, 2.05) is 4.90 Å². The van der Waals surface area contributed by atoms with Gasteiger partial charge in [-0.2, -0.15) is 0 Å². The first-order valence-electron chi connectivity index (χ1n) is 9.55. The summed E-state index contributed by atoms with van der Waals surface area (Å²) in [4.78, 5) is 14.7. The number of likely N-dealkylation sites (tertiary alicyclic amines) is 1. The normalized spacial score (nSPS) is 23.7. The molecule has 1 aliphatic carbocycles. The lowest BCUT2D eigenvalue weighted by Gasteiger charge is -2.40. The topological polar surface area (TPSA) is 58.4 Å². The second kappa shape index (κ2) is 8.02. The molecular formula is C20H31N3O. The number of benzene rings is 1. The molecule has 1 aliphatic heterocycles. The van der Waals surface area contributed by atoms with Gasteiger partial charge in [-0.3, -0.25) is 0 Å². The molecule has 24 heavy (non-hydrogen) atoms. The number of urea groups is 1. The quantitative estimate of drug-likeness (QED) is 0.889. The number of carbonyl (C=O) groups is 1. The van der Waals surface area contributed by atoms with E-state index in [1.165, 1.54) is 31.2 Å². The van der Waals surface area contributed by atoms with Crippen molar-refractivity contribution >= 4 is 6.03 Å². The van der Waals surface area contributed by atoms with Crippen molar-refractivity contribution in [2.45, 2.75) is 62.8 Å². The molecular weight excluding hydrogens is 298 g/mol. The number of amides is 2. The van der Waals surface area contributed by atoms with Crippen LogP contribution in [0.2, 0.25) is 0 Å². The molecule has 0 aromatic heterocycles. The maximum absolute atomic E-state index is 12.7. The summed E-state index contributed by atoms with van der Waals surface area (Å²) in [5, 5.41) is 3.26. The number of nitrogens with one attached hydrogen (secondary N) is 1. The maximum Gasteiger partial charge on any atom is 0.317 e. The van der Waals surface area contributed by atoms with Crippen LogP contribution in [0, 0.1) is 0 Å². The van der Waals surface area contributed by atoms with Gasteiger partial charge in [0.2, 0.25) is 0 Å². The third kappa shape index (κ3) is 3.75. The van der Waals surface area contributed by atoms with E-state index in [9.17, 15) is 4.79 Å². The van der Waals surface area contributed by atoms with Crippen molar-refractivity contribution in [2.24, 2.45) is 5.73 Å². The molecule has 1 aromatic carbocycles. The standard InChI is InChI=1S/C20H31N3O/c21-15-18-11-5-8-14-23(18)19(24)22-16-20(12-6-2-7-13-20)17-9-3-1-4-10-17/h1,3-4,9-10,18H,2,5-8,11-16,21H2,(H,22,24)/t18-/m0/s1. The first-order chi connectivity index (χ1) is 11.7. The minimum atomic E-state index is 0.0750. The molecule has 132 valence electrons. The summed E-state index contributed by atoms with van der Waals surface area (Å²) >= 11 is 0. The van der Waals surface area contributed by atoms with Crippen LogP contribution in [0.3, 0.4) is 0 Å². The predicted octanol–water partition coefficient (Wildman–Crippen LogP) is 3.41. The van der Waals surface area contributed by atoms with E-state index in [1.54, 1.807) is 0 Å². The zero-order chi connectivity index (χ0) is 16.8. The van der Waals surface area contributed by atoms with E-state index in [0.717, 1.165) is 38.8 Å². The molecule has 0 radical (unpaired) electrons. The third-order valence-corrected chi connectivity index (χ3v) is 5.93. The summed E-state index contributed by atoms with van der Waals surface area (Å²) in [6.45, 7) is 2.15. The van der Waals surface area contributed by atoms with Crippen LogP contribution in [0.5, 0.6) is 0 Å². The van der Waals surface area contributed by atoms with Gasteiger partial charge < -0.3 is 16.0 Å². The van der Waals surface area contributed by atoms with Crippen molar-refractivity contribution in [3.63, 3.8) is 0 Å². The van der Waals surface area contributed by atoms with E-state index < -0.39 is 0 Å². The number of piperidine rings is 1. The molecule has 0 bridgehead atoms. The van der Waals surface area contributed by atoms with Crippen LogP contribution < -0.4 is 11.1 Å². The van der Waals surface area contributed by atoms with Crippen LogP contribution in [0.25, 0.3) is 0 Å². The molecule has 4 nitrogen and oxygen atoms in total. The average molecular weight is 329 g/mol. The average Bonchev–Trinajstić information content (AvgIpc) is 2.67. The summed E-state index contributed by atoms with van der Waals surface area (Å²) in [7, 11) is 0. The summed E-state index contributed by atoms with van der Waals surface area (Å²) in [6.07, 6.45) is 9.44. The zero-order valence-electron chi connectivity index (χ0n) is 14.7.